The van der Waals surface area contributed by atoms with Crippen LogP contribution >= 0.6 is 24.0 Å². The maximum absolute atomic E-state index is 12.4. The van der Waals surface area contributed by atoms with Crippen molar-refractivity contribution in [2.24, 2.45) is 4.99 Å². The van der Waals surface area contributed by atoms with Gasteiger partial charge in [-0.3, -0.25) is 4.99 Å². The topological polar surface area (TPSA) is 91.8 Å². The van der Waals surface area contributed by atoms with Gasteiger partial charge in [-0.05, 0) is 44.4 Å². The molecule has 9 heteroatoms. The van der Waals surface area contributed by atoms with Crippen LogP contribution in [0.4, 0.5) is 0 Å². The fourth-order valence-electron chi connectivity index (χ4n) is 2.18. The van der Waals surface area contributed by atoms with Crippen LogP contribution in [0, 0.1) is 13.8 Å². The lowest BCUT2D eigenvalue weighted by Crippen LogP contribution is -2.41. The molecule has 0 saturated carbocycles. The number of ether oxygens (including phenoxy) is 1. The Bertz CT molecular complexity index is 666. The van der Waals surface area contributed by atoms with E-state index in [0.29, 0.717) is 30.6 Å². The van der Waals surface area contributed by atoms with E-state index in [4.69, 9.17) is 4.74 Å². The van der Waals surface area contributed by atoms with E-state index >= 15 is 0 Å². The second-order valence-corrected chi connectivity index (χ2v) is 7.44. The third kappa shape index (κ3) is 9.15. The molecule has 150 valence electrons. The fourth-order valence-corrected chi connectivity index (χ4v) is 3.54. The summed E-state index contributed by atoms with van der Waals surface area (Å²) < 4.78 is 32.5. The molecular formula is C17H31IN4O3S. The summed E-state index contributed by atoms with van der Waals surface area (Å²) in [5.74, 6) is 0.671. The number of hydrogen-bond acceptors (Lipinski definition) is 4. The van der Waals surface area contributed by atoms with Crippen molar-refractivity contribution in [3.63, 3.8) is 0 Å². The maximum atomic E-state index is 12.4. The van der Waals surface area contributed by atoms with Gasteiger partial charge in [-0.15, -0.1) is 24.0 Å². The summed E-state index contributed by atoms with van der Waals surface area (Å²) in [6.45, 7) is 8.43. The van der Waals surface area contributed by atoms with Crippen LogP contribution in [-0.4, -0.2) is 54.3 Å². The van der Waals surface area contributed by atoms with E-state index in [0.717, 1.165) is 24.1 Å². The van der Waals surface area contributed by atoms with Gasteiger partial charge in [0.2, 0.25) is 10.0 Å². The number of aryl methyl sites for hydroxylation is 2. The van der Waals surface area contributed by atoms with Gasteiger partial charge in [0.25, 0.3) is 0 Å². The summed E-state index contributed by atoms with van der Waals surface area (Å²) in [6.07, 6.45) is 0.840. The Hall–Kier alpha value is -0.910. The third-order valence-electron chi connectivity index (χ3n) is 3.46. The number of nitrogens with zero attached hydrogens (tertiary/aromatic N) is 1. The Morgan fingerprint density at radius 1 is 1.19 bits per heavy atom. The average Bonchev–Trinajstić information content (AvgIpc) is 2.57. The molecule has 0 spiro atoms. The zero-order valence-corrected chi connectivity index (χ0v) is 19.1. The van der Waals surface area contributed by atoms with Gasteiger partial charge in [0, 0.05) is 39.9 Å². The van der Waals surface area contributed by atoms with Crippen molar-refractivity contribution in [3.05, 3.63) is 29.3 Å². The van der Waals surface area contributed by atoms with Crippen molar-refractivity contribution in [2.75, 3.05) is 39.9 Å². The van der Waals surface area contributed by atoms with Crippen LogP contribution in [0.2, 0.25) is 0 Å². The highest BCUT2D eigenvalue weighted by atomic mass is 127. The molecule has 0 radical (unpaired) electrons. The summed E-state index contributed by atoms with van der Waals surface area (Å²) in [6, 6.07) is 5.41. The van der Waals surface area contributed by atoms with Gasteiger partial charge in [-0.1, -0.05) is 12.1 Å². The highest BCUT2D eigenvalue weighted by Crippen LogP contribution is 2.16. The molecule has 0 fully saturated rings. The number of nitrogens with one attached hydrogen (secondary N) is 3. The molecule has 0 aliphatic rings. The van der Waals surface area contributed by atoms with Crippen molar-refractivity contribution in [1.82, 2.24) is 15.4 Å². The van der Waals surface area contributed by atoms with Gasteiger partial charge in [0.05, 0.1) is 4.90 Å². The molecule has 26 heavy (non-hydrogen) atoms. The number of rotatable bonds is 10. The standard InChI is InChI=1S/C17H30N4O3S.HI/c1-5-18-17(19-9-6-12-24-4)20-10-11-21-25(22,23)16-13-14(2)7-8-15(16)3;/h7-8,13,21H,5-6,9-12H2,1-4H3,(H2,18,19,20);1H. The fraction of sp³-hybridized carbons (Fsp3) is 0.588. The lowest BCUT2D eigenvalue weighted by Gasteiger charge is -2.13. The van der Waals surface area contributed by atoms with Crippen LogP contribution in [0.15, 0.2) is 28.1 Å². The van der Waals surface area contributed by atoms with Crippen LogP contribution in [0.5, 0.6) is 0 Å². The van der Waals surface area contributed by atoms with Crippen molar-refractivity contribution in [1.29, 1.82) is 0 Å². The number of halogens is 1. The molecule has 0 bridgehead atoms. The molecule has 0 aromatic heterocycles. The second kappa shape index (κ2) is 13.3. The maximum Gasteiger partial charge on any atom is 0.240 e. The molecule has 0 aliphatic carbocycles. The van der Waals surface area contributed by atoms with E-state index < -0.39 is 10.0 Å². The van der Waals surface area contributed by atoms with Crippen LogP contribution in [-0.2, 0) is 14.8 Å². The number of methoxy groups -OCH3 is 1. The van der Waals surface area contributed by atoms with Crippen LogP contribution in [0.25, 0.3) is 0 Å². The Kier molecular flexibility index (Phi) is 12.8. The number of benzene rings is 1. The Balaban J connectivity index is 0.00000625. The number of sulfonamides is 1. The van der Waals surface area contributed by atoms with Gasteiger partial charge in [0.1, 0.15) is 0 Å². The Labute approximate surface area is 174 Å². The Morgan fingerprint density at radius 2 is 1.92 bits per heavy atom. The molecule has 0 heterocycles. The quantitative estimate of drug-likeness (QED) is 0.198. The summed E-state index contributed by atoms with van der Waals surface area (Å²) in [4.78, 5) is 4.73. The van der Waals surface area contributed by atoms with Crippen molar-refractivity contribution < 1.29 is 13.2 Å². The second-order valence-electron chi connectivity index (χ2n) is 5.70. The lowest BCUT2D eigenvalue weighted by molar-refractivity contribution is 0.197. The minimum absolute atomic E-state index is 0. The van der Waals surface area contributed by atoms with Gasteiger partial charge < -0.3 is 15.4 Å². The van der Waals surface area contributed by atoms with E-state index in [9.17, 15) is 8.42 Å². The van der Waals surface area contributed by atoms with E-state index in [1.54, 1.807) is 20.1 Å². The lowest BCUT2D eigenvalue weighted by atomic mass is 10.2. The largest absolute Gasteiger partial charge is 0.385 e. The molecule has 0 amide bonds. The van der Waals surface area contributed by atoms with Crippen LogP contribution < -0.4 is 15.4 Å². The first kappa shape index (κ1) is 25.1. The van der Waals surface area contributed by atoms with Gasteiger partial charge in [0.15, 0.2) is 5.96 Å². The third-order valence-corrected chi connectivity index (χ3v) is 5.07. The minimum atomic E-state index is -3.51. The molecule has 1 aromatic rings. The van der Waals surface area contributed by atoms with E-state index in [-0.39, 0.29) is 30.5 Å². The normalized spacial score (nSPS) is 11.8. The van der Waals surface area contributed by atoms with Crippen molar-refractivity contribution in [2.45, 2.75) is 32.1 Å². The van der Waals surface area contributed by atoms with Crippen molar-refractivity contribution >= 4 is 40.0 Å². The van der Waals surface area contributed by atoms with Crippen LogP contribution in [0.1, 0.15) is 24.5 Å². The monoisotopic (exact) mass is 498 g/mol. The molecule has 1 rings (SSSR count). The van der Waals surface area contributed by atoms with Crippen LogP contribution in [0.3, 0.4) is 0 Å². The summed E-state index contributed by atoms with van der Waals surface area (Å²) in [5.41, 5.74) is 1.65. The molecule has 0 saturated heterocycles. The first-order valence-corrected chi connectivity index (χ1v) is 9.97. The number of guanidine groups is 1. The predicted octanol–water partition coefficient (Wildman–Crippen LogP) is 1.79. The van der Waals surface area contributed by atoms with E-state index in [1.807, 2.05) is 26.0 Å². The zero-order valence-electron chi connectivity index (χ0n) is 16.0. The highest BCUT2D eigenvalue weighted by Gasteiger charge is 2.16. The summed E-state index contributed by atoms with van der Waals surface area (Å²) >= 11 is 0. The molecular weight excluding hydrogens is 467 g/mol. The number of aliphatic imine (C=N–C) groups is 1. The molecule has 0 aliphatic heterocycles. The Morgan fingerprint density at radius 3 is 2.58 bits per heavy atom. The first-order chi connectivity index (χ1) is 11.9. The van der Waals surface area contributed by atoms with E-state index in [1.165, 1.54) is 0 Å². The average molecular weight is 498 g/mol. The number of hydrogen-bond donors (Lipinski definition) is 3. The first-order valence-electron chi connectivity index (χ1n) is 8.48. The van der Waals surface area contributed by atoms with Gasteiger partial charge >= 0.3 is 0 Å². The minimum Gasteiger partial charge on any atom is -0.385 e. The van der Waals surface area contributed by atoms with Gasteiger partial charge in [-0.25, -0.2) is 13.1 Å². The molecule has 3 N–H and O–H groups in total. The molecule has 7 nitrogen and oxygen atoms in total. The molecule has 0 atom stereocenters. The SMILES string of the molecule is CCNC(=NCCCOC)NCCNS(=O)(=O)c1cc(C)ccc1C.I. The van der Waals surface area contributed by atoms with Gasteiger partial charge in [-0.2, -0.15) is 0 Å². The summed E-state index contributed by atoms with van der Waals surface area (Å²) in [7, 11) is -1.85. The van der Waals surface area contributed by atoms with Crippen molar-refractivity contribution in [3.8, 4) is 0 Å². The highest BCUT2D eigenvalue weighted by molar-refractivity contribution is 14.0. The smallest absolute Gasteiger partial charge is 0.240 e. The summed E-state index contributed by atoms with van der Waals surface area (Å²) in [5, 5.41) is 6.25. The molecule has 0 unspecified atom stereocenters. The van der Waals surface area contributed by atoms with E-state index in [2.05, 4.69) is 20.3 Å². The predicted molar refractivity (Wildman–Crippen MR) is 117 cm³/mol. The molecule has 1 aromatic carbocycles. The zero-order chi connectivity index (χ0) is 18.7.